The van der Waals surface area contributed by atoms with Gasteiger partial charge in [0.1, 0.15) is 24.1 Å². The molecule has 0 heterocycles. The Morgan fingerprint density at radius 2 is 1.54 bits per heavy atom. The van der Waals surface area contributed by atoms with E-state index in [4.69, 9.17) is 32.7 Å². The van der Waals surface area contributed by atoms with Crippen molar-refractivity contribution in [3.63, 3.8) is 0 Å². The number of carbonyl (C=O) groups excluding carboxylic acids is 2. The van der Waals surface area contributed by atoms with Crippen molar-refractivity contribution in [2.45, 2.75) is 30.8 Å². The first kappa shape index (κ1) is 34.6. The van der Waals surface area contributed by atoms with Crippen LogP contribution in [0, 0.1) is 6.92 Å². The monoisotopic (exact) mass is 683 g/mol. The molecule has 0 aliphatic carbocycles. The molecule has 46 heavy (non-hydrogen) atoms. The number of rotatable bonds is 13. The summed E-state index contributed by atoms with van der Waals surface area (Å²) in [5.74, 6) is -0.514. The summed E-state index contributed by atoms with van der Waals surface area (Å²) in [5.41, 5.74) is 2.35. The largest absolute Gasteiger partial charge is 0.497 e. The van der Waals surface area contributed by atoms with Crippen LogP contribution in [0.2, 0.25) is 10.0 Å². The number of carbonyl (C=O) groups is 2. The maximum absolute atomic E-state index is 14.5. The van der Waals surface area contributed by atoms with Gasteiger partial charge in [-0.25, -0.2) is 8.42 Å². The van der Waals surface area contributed by atoms with Crippen LogP contribution in [0.4, 0.5) is 5.69 Å². The third-order valence-electron chi connectivity index (χ3n) is 7.40. The Hall–Kier alpha value is -4.25. The van der Waals surface area contributed by atoms with Crippen molar-refractivity contribution >= 4 is 50.7 Å². The van der Waals surface area contributed by atoms with E-state index in [1.165, 1.54) is 44.4 Å². The molecule has 1 N–H and O–H groups in total. The van der Waals surface area contributed by atoms with Gasteiger partial charge in [-0.05, 0) is 54.4 Å². The average Bonchev–Trinajstić information content (AvgIpc) is 3.06. The normalized spacial score (nSPS) is 11.8. The summed E-state index contributed by atoms with van der Waals surface area (Å²) in [6, 6.07) is 24.1. The molecule has 242 valence electrons. The minimum absolute atomic E-state index is 0.0288. The van der Waals surface area contributed by atoms with Crippen LogP contribution >= 0.6 is 23.2 Å². The van der Waals surface area contributed by atoms with E-state index in [-0.39, 0.29) is 34.3 Å². The smallest absolute Gasteiger partial charge is 0.264 e. The van der Waals surface area contributed by atoms with Crippen molar-refractivity contribution in [1.82, 2.24) is 10.2 Å². The van der Waals surface area contributed by atoms with E-state index >= 15 is 0 Å². The van der Waals surface area contributed by atoms with Crippen LogP contribution in [-0.2, 0) is 32.6 Å². The van der Waals surface area contributed by atoms with E-state index in [2.05, 4.69) is 5.32 Å². The number of methoxy groups -OCH3 is 2. The van der Waals surface area contributed by atoms with Gasteiger partial charge in [0.2, 0.25) is 11.8 Å². The van der Waals surface area contributed by atoms with Gasteiger partial charge in [-0.1, -0.05) is 77.3 Å². The van der Waals surface area contributed by atoms with Gasteiger partial charge in [-0.2, -0.15) is 0 Å². The predicted molar refractivity (Wildman–Crippen MR) is 180 cm³/mol. The van der Waals surface area contributed by atoms with Gasteiger partial charge in [0, 0.05) is 26.1 Å². The number of amides is 2. The third kappa shape index (κ3) is 8.12. The van der Waals surface area contributed by atoms with E-state index in [0.717, 1.165) is 15.4 Å². The van der Waals surface area contributed by atoms with Gasteiger partial charge < -0.3 is 19.7 Å². The number of halogens is 2. The molecule has 4 rings (SSSR count). The molecule has 1 unspecified atom stereocenters. The number of nitrogens with one attached hydrogen (secondary N) is 1. The Kier molecular flexibility index (Phi) is 11.6. The molecule has 0 saturated heterocycles. The summed E-state index contributed by atoms with van der Waals surface area (Å²) in [4.78, 5) is 29.3. The number of anilines is 1. The lowest BCUT2D eigenvalue weighted by Gasteiger charge is -2.34. The summed E-state index contributed by atoms with van der Waals surface area (Å²) in [6.07, 6.45) is 0.167. The molecule has 2 amide bonds. The van der Waals surface area contributed by atoms with Crippen molar-refractivity contribution in [2.24, 2.45) is 0 Å². The second-order valence-corrected chi connectivity index (χ2v) is 13.1. The Morgan fingerprint density at radius 1 is 0.848 bits per heavy atom. The number of likely N-dealkylation sites (N-methyl/N-ethyl adjacent to an activating group) is 1. The highest BCUT2D eigenvalue weighted by atomic mass is 35.5. The van der Waals surface area contributed by atoms with E-state index in [1.807, 2.05) is 37.3 Å². The Labute approximate surface area is 279 Å². The minimum atomic E-state index is -4.34. The van der Waals surface area contributed by atoms with Gasteiger partial charge in [-0.15, -0.1) is 0 Å². The molecule has 0 aliphatic rings. The molecule has 0 aliphatic heterocycles. The molecule has 4 aromatic carbocycles. The molecule has 0 fully saturated rings. The topological polar surface area (TPSA) is 105 Å². The quantitative estimate of drug-likeness (QED) is 0.188. The van der Waals surface area contributed by atoms with Crippen molar-refractivity contribution in [3.05, 3.63) is 118 Å². The van der Waals surface area contributed by atoms with Gasteiger partial charge in [0.05, 0.1) is 34.8 Å². The average molecular weight is 685 g/mol. The molecular weight excluding hydrogens is 649 g/mol. The number of benzene rings is 4. The predicted octanol–water partition coefficient (Wildman–Crippen LogP) is 5.90. The zero-order valence-electron chi connectivity index (χ0n) is 25.9. The van der Waals surface area contributed by atoms with Crippen molar-refractivity contribution in [1.29, 1.82) is 0 Å². The minimum Gasteiger partial charge on any atom is -0.497 e. The second kappa shape index (κ2) is 15.4. The lowest BCUT2D eigenvalue weighted by molar-refractivity contribution is -0.139. The van der Waals surface area contributed by atoms with Crippen molar-refractivity contribution < 1.29 is 27.5 Å². The third-order valence-corrected chi connectivity index (χ3v) is 9.91. The number of ether oxygens (including phenoxy) is 2. The zero-order chi connectivity index (χ0) is 33.4. The Bertz CT molecular complexity index is 1790. The molecule has 0 bridgehead atoms. The van der Waals surface area contributed by atoms with E-state index in [1.54, 1.807) is 42.5 Å². The summed E-state index contributed by atoms with van der Waals surface area (Å²) in [7, 11) is -0.00282. The highest BCUT2D eigenvalue weighted by Gasteiger charge is 2.35. The van der Waals surface area contributed by atoms with Gasteiger partial charge >= 0.3 is 0 Å². The van der Waals surface area contributed by atoms with E-state index in [0.29, 0.717) is 16.3 Å². The van der Waals surface area contributed by atoms with Gasteiger partial charge in [0.15, 0.2) is 0 Å². The summed E-state index contributed by atoms with van der Waals surface area (Å²) in [5, 5.41) is 3.26. The lowest BCUT2D eigenvalue weighted by atomic mass is 10.0. The highest BCUT2D eigenvalue weighted by Crippen LogP contribution is 2.36. The molecule has 9 nitrogen and oxygen atoms in total. The number of hydrogen-bond acceptors (Lipinski definition) is 6. The molecule has 1 atom stereocenters. The molecular formula is C34H35Cl2N3O6S. The maximum Gasteiger partial charge on any atom is 0.264 e. The Morgan fingerprint density at radius 3 is 2.15 bits per heavy atom. The fourth-order valence-electron chi connectivity index (χ4n) is 4.90. The van der Waals surface area contributed by atoms with Crippen LogP contribution in [0.25, 0.3) is 0 Å². The zero-order valence-corrected chi connectivity index (χ0v) is 28.2. The number of aryl methyl sites for hydroxylation is 1. The van der Waals surface area contributed by atoms with Crippen LogP contribution in [-0.4, -0.2) is 59.0 Å². The highest BCUT2D eigenvalue weighted by molar-refractivity contribution is 7.92. The number of sulfonamides is 1. The molecule has 12 heteroatoms. The lowest BCUT2D eigenvalue weighted by Crippen LogP contribution is -2.53. The first-order valence-corrected chi connectivity index (χ1v) is 16.5. The fraction of sp³-hybridized carbons (Fsp3) is 0.235. The Balaban J connectivity index is 1.86. The molecule has 0 aromatic heterocycles. The van der Waals surface area contributed by atoms with Crippen LogP contribution in [0.15, 0.2) is 95.9 Å². The maximum atomic E-state index is 14.5. The first-order chi connectivity index (χ1) is 22.0. The second-order valence-electron chi connectivity index (χ2n) is 10.5. The summed E-state index contributed by atoms with van der Waals surface area (Å²) in [6.45, 7) is 1.12. The van der Waals surface area contributed by atoms with E-state index < -0.39 is 34.4 Å². The fourth-order valence-corrected chi connectivity index (χ4v) is 6.63. The van der Waals surface area contributed by atoms with E-state index in [9.17, 15) is 18.0 Å². The van der Waals surface area contributed by atoms with Crippen molar-refractivity contribution in [2.75, 3.05) is 32.1 Å². The number of hydrogen-bond donors (Lipinski definition) is 1. The molecule has 0 spiro atoms. The molecule has 4 aromatic rings. The van der Waals surface area contributed by atoms with Crippen molar-refractivity contribution in [3.8, 4) is 11.5 Å². The molecule has 0 saturated carbocycles. The summed E-state index contributed by atoms with van der Waals surface area (Å²) >= 11 is 12.5. The molecule has 0 radical (unpaired) electrons. The standard InChI is InChI=1S/C34H35Cl2N3O6S/c1-23-10-14-27(15-11-23)46(42,43)39(30-20-26(44-3)13-17-32(30)45-4)22-33(40)38(21-25-12-16-28(35)29(36)18-25)31(34(41)37-2)19-24-8-6-5-7-9-24/h5-18,20,31H,19,21-22H2,1-4H3,(H,37,41). The summed E-state index contributed by atoms with van der Waals surface area (Å²) < 4.78 is 40.5. The van der Waals surface area contributed by atoms with Crippen LogP contribution in [0.1, 0.15) is 16.7 Å². The van der Waals surface area contributed by atoms with Gasteiger partial charge in [0.25, 0.3) is 10.0 Å². The SMILES string of the molecule is CNC(=O)C(Cc1ccccc1)N(Cc1ccc(Cl)c(Cl)c1)C(=O)CN(c1cc(OC)ccc1OC)S(=O)(=O)c1ccc(C)cc1. The number of nitrogens with zero attached hydrogens (tertiary/aromatic N) is 2. The van der Waals surface area contributed by atoms with Crippen LogP contribution in [0.3, 0.4) is 0 Å². The van der Waals surface area contributed by atoms with Crippen LogP contribution < -0.4 is 19.1 Å². The van der Waals surface area contributed by atoms with Crippen LogP contribution in [0.5, 0.6) is 11.5 Å². The van der Waals surface area contributed by atoms with Gasteiger partial charge in [-0.3, -0.25) is 13.9 Å². The first-order valence-electron chi connectivity index (χ1n) is 14.3.